The van der Waals surface area contributed by atoms with E-state index in [0.717, 1.165) is 12.8 Å². The highest BCUT2D eigenvalue weighted by Crippen LogP contribution is 2.34. The fourth-order valence-corrected chi connectivity index (χ4v) is 2.21. The molecule has 0 fully saturated rings. The van der Waals surface area contributed by atoms with Crippen LogP contribution in [-0.4, -0.2) is 16.6 Å². The van der Waals surface area contributed by atoms with Crippen LogP contribution >= 0.6 is 15.9 Å². The number of nitrogens with one attached hydrogen (secondary N) is 1. The van der Waals surface area contributed by atoms with Crippen LogP contribution in [0.2, 0.25) is 0 Å². The minimum Gasteiger partial charge on any atom is -0.289 e. The Kier molecular flexibility index (Phi) is 1.39. The smallest absolute Gasteiger partial charge is 0.255 e. The SMILES string of the molecule is O=C1NC(=O)C2=C1CC[C@H]2Br. The van der Waals surface area contributed by atoms with Crippen molar-refractivity contribution >= 4 is 27.7 Å². The molecule has 3 nitrogen and oxygen atoms in total. The van der Waals surface area contributed by atoms with Crippen molar-refractivity contribution in [3.05, 3.63) is 11.1 Å². The molecule has 1 aliphatic carbocycles. The molecular weight excluding hydrogens is 210 g/mol. The molecule has 0 radical (unpaired) electrons. The molecule has 0 saturated heterocycles. The number of carbonyl (C=O) groups excluding carboxylic acids is 2. The summed E-state index contributed by atoms with van der Waals surface area (Å²) in [4.78, 5) is 22.1. The number of carbonyl (C=O) groups is 2. The molecular formula is C7H6BrNO2. The third kappa shape index (κ3) is 0.854. The van der Waals surface area contributed by atoms with Crippen LogP contribution in [0, 0.1) is 0 Å². The molecule has 1 aliphatic heterocycles. The van der Waals surface area contributed by atoms with Gasteiger partial charge in [-0.2, -0.15) is 0 Å². The van der Waals surface area contributed by atoms with Crippen LogP contribution < -0.4 is 5.32 Å². The van der Waals surface area contributed by atoms with Crippen molar-refractivity contribution < 1.29 is 9.59 Å². The van der Waals surface area contributed by atoms with Crippen LogP contribution in [0.15, 0.2) is 11.1 Å². The molecule has 11 heavy (non-hydrogen) atoms. The summed E-state index contributed by atoms with van der Waals surface area (Å²) < 4.78 is 0. The van der Waals surface area contributed by atoms with Gasteiger partial charge in [0.2, 0.25) is 0 Å². The van der Waals surface area contributed by atoms with Gasteiger partial charge in [-0.05, 0) is 12.8 Å². The number of hydrogen-bond acceptors (Lipinski definition) is 2. The molecule has 0 unspecified atom stereocenters. The second-order valence-corrected chi connectivity index (χ2v) is 3.79. The molecule has 0 saturated carbocycles. The first kappa shape index (κ1) is 7.03. The van der Waals surface area contributed by atoms with Gasteiger partial charge in [0.15, 0.2) is 0 Å². The predicted molar refractivity (Wildman–Crippen MR) is 42.1 cm³/mol. The van der Waals surface area contributed by atoms with Gasteiger partial charge in [0.05, 0.1) is 0 Å². The normalized spacial score (nSPS) is 29.4. The summed E-state index contributed by atoms with van der Waals surface area (Å²) in [5.41, 5.74) is 1.33. The molecule has 2 rings (SSSR count). The molecule has 0 aromatic carbocycles. The fourth-order valence-electron chi connectivity index (χ4n) is 1.50. The number of alkyl halides is 1. The number of amides is 2. The maximum Gasteiger partial charge on any atom is 0.255 e. The quantitative estimate of drug-likeness (QED) is 0.473. The molecule has 4 heteroatoms. The van der Waals surface area contributed by atoms with Crippen molar-refractivity contribution in [3.63, 3.8) is 0 Å². The van der Waals surface area contributed by atoms with E-state index in [9.17, 15) is 9.59 Å². The van der Waals surface area contributed by atoms with E-state index < -0.39 is 0 Å². The number of halogens is 1. The molecule has 2 amide bonds. The third-order valence-corrected chi connectivity index (χ3v) is 2.95. The summed E-state index contributed by atoms with van der Waals surface area (Å²) in [6, 6.07) is 0. The average Bonchev–Trinajstić information content (AvgIpc) is 2.41. The van der Waals surface area contributed by atoms with Crippen molar-refractivity contribution in [1.29, 1.82) is 0 Å². The fraction of sp³-hybridized carbons (Fsp3) is 0.429. The van der Waals surface area contributed by atoms with E-state index in [2.05, 4.69) is 21.2 Å². The summed E-state index contributed by atoms with van der Waals surface area (Å²) in [6.45, 7) is 0. The van der Waals surface area contributed by atoms with Gasteiger partial charge in [0.25, 0.3) is 11.8 Å². The van der Waals surface area contributed by atoms with Crippen LogP contribution in [0.1, 0.15) is 12.8 Å². The first-order chi connectivity index (χ1) is 5.20. The highest BCUT2D eigenvalue weighted by molar-refractivity contribution is 9.09. The predicted octanol–water partition coefficient (Wildman–Crippen LogP) is 0.497. The van der Waals surface area contributed by atoms with Crippen LogP contribution in [0.4, 0.5) is 0 Å². The van der Waals surface area contributed by atoms with Crippen molar-refractivity contribution in [2.24, 2.45) is 0 Å². The Morgan fingerprint density at radius 2 is 2.09 bits per heavy atom. The van der Waals surface area contributed by atoms with E-state index in [1.807, 2.05) is 0 Å². The van der Waals surface area contributed by atoms with E-state index in [-0.39, 0.29) is 16.6 Å². The Balaban J connectivity index is 2.46. The zero-order valence-electron chi connectivity index (χ0n) is 5.69. The Bertz CT molecular complexity index is 282. The van der Waals surface area contributed by atoms with Gasteiger partial charge in [0, 0.05) is 16.0 Å². The maximum atomic E-state index is 11.1. The highest BCUT2D eigenvalue weighted by Gasteiger charge is 2.38. The topological polar surface area (TPSA) is 46.2 Å². The average molecular weight is 216 g/mol. The van der Waals surface area contributed by atoms with E-state index in [1.54, 1.807) is 0 Å². The van der Waals surface area contributed by atoms with Gasteiger partial charge in [-0.3, -0.25) is 14.9 Å². The van der Waals surface area contributed by atoms with E-state index >= 15 is 0 Å². The Labute approximate surface area is 72.0 Å². The summed E-state index contributed by atoms with van der Waals surface area (Å²) in [6.07, 6.45) is 1.59. The van der Waals surface area contributed by atoms with Crippen molar-refractivity contribution in [2.45, 2.75) is 17.7 Å². The molecule has 58 valence electrons. The monoisotopic (exact) mass is 215 g/mol. The minimum atomic E-state index is -0.218. The molecule has 1 heterocycles. The van der Waals surface area contributed by atoms with Gasteiger partial charge in [-0.15, -0.1) is 0 Å². The van der Waals surface area contributed by atoms with Gasteiger partial charge >= 0.3 is 0 Å². The molecule has 0 spiro atoms. The lowest BCUT2D eigenvalue weighted by molar-refractivity contribution is -0.124. The van der Waals surface area contributed by atoms with Crippen LogP contribution in [0.25, 0.3) is 0 Å². The van der Waals surface area contributed by atoms with E-state index in [4.69, 9.17) is 0 Å². The molecule has 0 aromatic rings. The first-order valence-electron chi connectivity index (χ1n) is 3.43. The molecule has 1 atom stereocenters. The van der Waals surface area contributed by atoms with Crippen molar-refractivity contribution in [3.8, 4) is 0 Å². The second-order valence-electron chi connectivity index (χ2n) is 2.68. The van der Waals surface area contributed by atoms with Crippen molar-refractivity contribution in [2.75, 3.05) is 0 Å². The summed E-state index contributed by atoms with van der Waals surface area (Å²) >= 11 is 3.34. The molecule has 0 aromatic heterocycles. The highest BCUT2D eigenvalue weighted by atomic mass is 79.9. The molecule has 1 N–H and O–H groups in total. The van der Waals surface area contributed by atoms with Crippen LogP contribution in [0.5, 0.6) is 0 Å². The zero-order valence-corrected chi connectivity index (χ0v) is 7.27. The van der Waals surface area contributed by atoms with Gasteiger partial charge < -0.3 is 0 Å². The summed E-state index contributed by atoms with van der Waals surface area (Å²) in [7, 11) is 0. The lowest BCUT2D eigenvalue weighted by atomic mass is 10.2. The summed E-state index contributed by atoms with van der Waals surface area (Å²) in [5, 5.41) is 2.27. The largest absolute Gasteiger partial charge is 0.289 e. The van der Waals surface area contributed by atoms with Crippen LogP contribution in [-0.2, 0) is 9.59 Å². The lowest BCUT2D eigenvalue weighted by Gasteiger charge is -2.01. The number of imide groups is 1. The first-order valence-corrected chi connectivity index (χ1v) is 4.34. The van der Waals surface area contributed by atoms with Crippen molar-refractivity contribution in [1.82, 2.24) is 5.32 Å². The number of rotatable bonds is 0. The maximum absolute atomic E-state index is 11.1. The van der Waals surface area contributed by atoms with Gasteiger partial charge in [-0.1, -0.05) is 15.9 Å². The van der Waals surface area contributed by atoms with E-state index in [1.165, 1.54) is 0 Å². The zero-order chi connectivity index (χ0) is 8.01. The Hall–Kier alpha value is -0.640. The van der Waals surface area contributed by atoms with Gasteiger partial charge in [0.1, 0.15) is 0 Å². The van der Waals surface area contributed by atoms with E-state index in [0.29, 0.717) is 11.1 Å². The van der Waals surface area contributed by atoms with Gasteiger partial charge in [-0.25, -0.2) is 0 Å². The Morgan fingerprint density at radius 3 is 2.73 bits per heavy atom. The Morgan fingerprint density at radius 1 is 1.36 bits per heavy atom. The molecule has 2 aliphatic rings. The molecule has 0 bridgehead atoms. The van der Waals surface area contributed by atoms with Crippen LogP contribution in [0.3, 0.4) is 0 Å². The minimum absolute atomic E-state index is 0.0870. The summed E-state index contributed by atoms with van der Waals surface area (Å²) in [5.74, 6) is -0.420. The number of hydrogen-bond donors (Lipinski definition) is 1. The third-order valence-electron chi connectivity index (χ3n) is 2.03. The standard InChI is InChI=1S/C7H6BrNO2/c8-4-2-1-3-5(4)7(11)9-6(3)10/h4H,1-2H2,(H,9,10,11)/t4-/m1/s1. The second kappa shape index (κ2) is 2.17. The lowest BCUT2D eigenvalue weighted by Crippen LogP contribution is -2.26.